The van der Waals surface area contributed by atoms with Crippen LogP contribution in [0, 0.1) is 0 Å². The van der Waals surface area contributed by atoms with Gasteiger partial charge in [0.15, 0.2) is 0 Å². The number of nitrogens with zero attached hydrogens (tertiary/aromatic N) is 1. The molecule has 1 aliphatic rings. The number of hydrogen-bond donors (Lipinski definition) is 1. The topological polar surface area (TPSA) is 57.6 Å². The predicted molar refractivity (Wildman–Crippen MR) is 114 cm³/mol. The molecule has 1 N–H and O–H groups in total. The maximum atomic E-state index is 13.5. The Hall–Kier alpha value is -2.65. The van der Waals surface area contributed by atoms with Crippen LogP contribution in [0.3, 0.4) is 0 Å². The summed E-state index contributed by atoms with van der Waals surface area (Å²) in [6, 6.07) is 11.8. The van der Waals surface area contributed by atoms with Crippen LogP contribution in [0.4, 0.5) is 13.2 Å². The SMILES string of the molecule is O=C(O)CCCN1C(=O)C(=Cc2ccccc2-c2ccccc2C(F)(F)F)SC1=S. The van der Waals surface area contributed by atoms with Crippen LogP contribution >= 0.6 is 24.0 Å². The highest BCUT2D eigenvalue weighted by molar-refractivity contribution is 8.26. The fourth-order valence-electron chi connectivity index (χ4n) is 3.06. The number of carboxylic acids is 1. The third-order valence-corrected chi connectivity index (χ3v) is 5.79. The molecule has 1 heterocycles. The van der Waals surface area contributed by atoms with Crippen LogP contribution < -0.4 is 0 Å². The van der Waals surface area contributed by atoms with Crippen molar-refractivity contribution in [2.45, 2.75) is 19.0 Å². The zero-order chi connectivity index (χ0) is 21.9. The van der Waals surface area contributed by atoms with Gasteiger partial charge in [0.2, 0.25) is 0 Å². The Labute approximate surface area is 180 Å². The minimum Gasteiger partial charge on any atom is -0.481 e. The van der Waals surface area contributed by atoms with Crippen LogP contribution in [-0.4, -0.2) is 32.7 Å². The number of carbonyl (C=O) groups is 2. The van der Waals surface area contributed by atoms with Gasteiger partial charge in [-0.1, -0.05) is 66.4 Å². The Morgan fingerprint density at radius 3 is 2.40 bits per heavy atom. The molecular formula is C21H16F3NO3S2. The number of aliphatic carboxylic acids is 1. The number of carbonyl (C=O) groups excluding carboxylic acids is 1. The Balaban J connectivity index is 1.95. The van der Waals surface area contributed by atoms with Crippen LogP contribution in [0.5, 0.6) is 0 Å². The van der Waals surface area contributed by atoms with Gasteiger partial charge in [-0.05, 0) is 35.3 Å². The Bertz CT molecular complexity index is 1030. The van der Waals surface area contributed by atoms with E-state index in [-0.39, 0.29) is 35.8 Å². The summed E-state index contributed by atoms with van der Waals surface area (Å²) in [5.41, 5.74) is 0.0719. The number of carboxylic acid groups (broad SMARTS) is 1. The average Bonchev–Trinajstić information content (AvgIpc) is 2.95. The van der Waals surface area contributed by atoms with Crippen molar-refractivity contribution < 1.29 is 27.9 Å². The van der Waals surface area contributed by atoms with E-state index < -0.39 is 17.7 Å². The summed E-state index contributed by atoms with van der Waals surface area (Å²) in [7, 11) is 0. The molecule has 0 saturated carbocycles. The smallest absolute Gasteiger partial charge is 0.417 e. The number of thiocarbonyl (C=S) groups is 1. The summed E-state index contributed by atoms with van der Waals surface area (Å²) in [5.74, 6) is -1.34. The van der Waals surface area contributed by atoms with Crippen molar-refractivity contribution in [1.82, 2.24) is 4.90 Å². The fourth-order valence-corrected chi connectivity index (χ4v) is 4.36. The van der Waals surface area contributed by atoms with Crippen molar-refractivity contribution in [2.24, 2.45) is 0 Å². The number of benzene rings is 2. The molecule has 1 aliphatic heterocycles. The molecule has 0 aromatic heterocycles. The molecule has 0 spiro atoms. The third kappa shape index (κ3) is 4.91. The first-order valence-electron chi connectivity index (χ1n) is 8.91. The maximum Gasteiger partial charge on any atom is 0.417 e. The number of hydrogen-bond acceptors (Lipinski definition) is 4. The second-order valence-corrected chi connectivity index (χ2v) is 8.14. The lowest BCUT2D eigenvalue weighted by molar-refractivity contribution is -0.138. The van der Waals surface area contributed by atoms with Gasteiger partial charge in [-0.25, -0.2) is 0 Å². The van der Waals surface area contributed by atoms with Gasteiger partial charge in [0.05, 0.1) is 10.5 Å². The summed E-state index contributed by atoms with van der Waals surface area (Å²) in [6.45, 7) is 0.173. The number of rotatable bonds is 6. The van der Waals surface area contributed by atoms with E-state index in [1.807, 2.05) is 0 Å². The van der Waals surface area contributed by atoms with E-state index in [4.69, 9.17) is 17.3 Å². The number of amides is 1. The van der Waals surface area contributed by atoms with Gasteiger partial charge >= 0.3 is 12.1 Å². The van der Waals surface area contributed by atoms with Crippen molar-refractivity contribution >= 4 is 46.3 Å². The minimum absolute atomic E-state index is 0.0220. The molecule has 0 aliphatic carbocycles. The number of halogens is 3. The molecule has 3 rings (SSSR count). The van der Waals surface area contributed by atoms with E-state index in [2.05, 4.69) is 0 Å². The van der Waals surface area contributed by atoms with Crippen molar-refractivity contribution in [3.05, 3.63) is 64.6 Å². The van der Waals surface area contributed by atoms with Crippen LogP contribution in [0.2, 0.25) is 0 Å². The Kier molecular flexibility index (Phi) is 6.62. The Morgan fingerprint density at radius 1 is 1.10 bits per heavy atom. The minimum atomic E-state index is -4.52. The molecule has 30 heavy (non-hydrogen) atoms. The first-order chi connectivity index (χ1) is 14.2. The summed E-state index contributed by atoms with van der Waals surface area (Å²) in [5, 5.41) is 8.75. The van der Waals surface area contributed by atoms with Gasteiger partial charge in [0.25, 0.3) is 5.91 Å². The lowest BCUT2D eigenvalue weighted by atomic mass is 9.95. The summed E-state index contributed by atoms with van der Waals surface area (Å²) >= 11 is 6.27. The van der Waals surface area contributed by atoms with E-state index in [1.54, 1.807) is 24.3 Å². The van der Waals surface area contributed by atoms with E-state index in [9.17, 15) is 22.8 Å². The molecule has 2 aromatic carbocycles. The van der Waals surface area contributed by atoms with Crippen molar-refractivity contribution in [3.8, 4) is 11.1 Å². The molecule has 0 unspecified atom stereocenters. The highest BCUT2D eigenvalue weighted by Crippen LogP contribution is 2.40. The lowest BCUT2D eigenvalue weighted by Gasteiger charge is -2.15. The first kappa shape index (κ1) is 22.0. The van der Waals surface area contributed by atoms with E-state index >= 15 is 0 Å². The highest BCUT2D eigenvalue weighted by atomic mass is 32.2. The Morgan fingerprint density at radius 2 is 1.73 bits per heavy atom. The van der Waals surface area contributed by atoms with E-state index in [1.165, 1.54) is 29.2 Å². The molecule has 0 bridgehead atoms. The third-order valence-electron chi connectivity index (χ3n) is 4.42. The van der Waals surface area contributed by atoms with Crippen LogP contribution in [-0.2, 0) is 15.8 Å². The van der Waals surface area contributed by atoms with Crippen molar-refractivity contribution in [1.29, 1.82) is 0 Å². The maximum absolute atomic E-state index is 13.5. The van der Waals surface area contributed by atoms with Gasteiger partial charge in [-0.2, -0.15) is 13.2 Å². The molecule has 0 radical (unpaired) electrons. The first-order valence-corrected chi connectivity index (χ1v) is 10.1. The fraction of sp³-hybridized carbons (Fsp3) is 0.190. The standard InChI is InChI=1S/C21H16F3NO3S2/c22-21(23,24)16-9-4-3-8-15(16)14-7-2-1-6-13(14)12-17-19(28)25(20(29)30-17)11-5-10-18(26)27/h1-4,6-9,12H,5,10-11H2,(H,26,27). The molecular weight excluding hydrogens is 435 g/mol. The highest BCUT2D eigenvalue weighted by Gasteiger charge is 2.34. The van der Waals surface area contributed by atoms with Crippen LogP contribution in [0.15, 0.2) is 53.4 Å². The van der Waals surface area contributed by atoms with Gasteiger partial charge in [0, 0.05) is 13.0 Å². The number of alkyl halides is 3. The molecule has 2 aromatic rings. The van der Waals surface area contributed by atoms with Gasteiger partial charge < -0.3 is 5.11 Å². The largest absolute Gasteiger partial charge is 0.481 e. The average molecular weight is 451 g/mol. The van der Waals surface area contributed by atoms with Crippen molar-refractivity contribution in [3.63, 3.8) is 0 Å². The predicted octanol–water partition coefficient (Wildman–Crippen LogP) is 5.44. The number of thioether (sulfide) groups is 1. The molecule has 9 heteroatoms. The molecule has 1 saturated heterocycles. The molecule has 156 valence electrons. The summed E-state index contributed by atoms with van der Waals surface area (Å²) in [6.07, 6.45) is -2.83. The lowest BCUT2D eigenvalue weighted by Crippen LogP contribution is -2.29. The monoisotopic (exact) mass is 451 g/mol. The van der Waals surface area contributed by atoms with Gasteiger partial charge in [-0.3, -0.25) is 14.5 Å². The second-order valence-electron chi connectivity index (χ2n) is 6.46. The molecule has 1 amide bonds. The zero-order valence-corrected chi connectivity index (χ0v) is 17.1. The second kappa shape index (κ2) is 9.01. The van der Waals surface area contributed by atoms with E-state index in [0.29, 0.717) is 15.4 Å². The summed E-state index contributed by atoms with van der Waals surface area (Å²) in [4.78, 5) is 25.0. The van der Waals surface area contributed by atoms with Gasteiger partial charge in [0.1, 0.15) is 4.32 Å². The van der Waals surface area contributed by atoms with Crippen LogP contribution in [0.1, 0.15) is 24.0 Å². The molecule has 4 nitrogen and oxygen atoms in total. The van der Waals surface area contributed by atoms with Crippen LogP contribution in [0.25, 0.3) is 17.2 Å². The summed E-state index contributed by atoms with van der Waals surface area (Å²) < 4.78 is 40.7. The quantitative estimate of drug-likeness (QED) is 0.468. The van der Waals surface area contributed by atoms with Gasteiger partial charge in [-0.15, -0.1) is 0 Å². The van der Waals surface area contributed by atoms with E-state index in [0.717, 1.165) is 17.8 Å². The molecule has 0 atom stereocenters. The zero-order valence-electron chi connectivity index (χ0n) is 15.5. The van der Waals surface area contributed by atoms with Crippen molar-refractivity contribution in [2.75, 3.05) is 6.54 Å². The molecule has 1 fully saturated rings. The normalized spacial score (nSPS) is 15.8.